The number of halogens is 1. The smallest absolute Gasteiger partial charge is 0.315 e. The minimum Gasteiger partial charge on any atom is -0.350 e. The minimum absolute atomic E-state index is 0.0414. The largest absolute Gasteiger partial charge is 0.350 e. The van der Waals surface area contributed by atoms with Crippen molar-refractivity contribution in [2.75, 3.05) is 13.1 Å². The Labute approximate surface area is 130 Å². The number of nitrogens with one attached hydrogen (secondary N) is 3. The first kappa shape index (κ1) is 17.3. The lowest BCUT2D eigenvalue weighted by atomic mass is 10.1. The summed E-state index contributed by atoms with van der Waals surface area (Å²) in [7, 11) is 0. The second-order valence-corrected chi connectivity index (χ2v) is 6.22. The Balaban J connectivity index is 2.21. The number of benzene rings is 1. The lowest BCUT2D eigenvalue weighted by Gasteiger charge is -2.20. The van der Waals surface area contributed by atoms with Gasteiger partial charge in [-0.05, 0) is 44.9 Å². The van der Waals surface area contributed by atoms with Crippen molar-refractivity contribution < 1.29 is 9.59 Å². The molecule has 0 aliphatic heterocycles. The van der Waals surface area contributed by atoms with E-state index in [1.165, 1.54) is 0 Å². The first-order chi connectivity index (χ1) is 9.76. The van der Waals surface area contributed by atoms with Crippen molar-refractivity contribution in [1.82, 2.24) is 16.0 Å². The molecule has 5 nitrogen and oxygen atoms in total. The Kier molecular flexibility index (Phi) is 6.49. The summed E-state index contributed by atoms with van der Waals surface area (Å²) in [4.78, 5) is 23.1. The molecule has 1 aromatic carbocycles. The second-order valence-electron chi connectivity index (χ2n) is 5.79. The Morgan fingerprint density at radius 2 is 1.90 bits per heavy atom. The summed E-state index contributed by atoms with van der Waals surface area (Å²) in [6, 6.07) is 7.12. The van der Waals surface area contributed by atoms with Crippen molar-refractivity contribution >= 4 is 23.5 Å². The van der Waals surface area contributed by atoms with E-state index in [-0.39, 0.29) is 24.0 Å². The summed E-state index contributed by atoms with van der Waals surface area (Å²) in [5.74, 6) is -0.215. The maximum absolute atomic E-state index is 11.5. The molecular formula is C15H22ClN3O2. The van der Waals surface area contributed by atoms with Crippen LogP contribution in [0.15, 0.2) is 24.3 Å². The number of urea groups is 1. The zero-order chi connectivity index (χ0) is 15.9. The highest BCUT2D eigenvalue weighted by molar-refractivity contribution is 6.30. The highest BCUT2D eigenvalue weighted by Gasteiger charge is 2.13. The van der Waals surface area contributed by atoms with Gasteiger partial charge in [0.2, 0.25) is 5.91 Å². The van der Waals surface area contributed by atoms with Crippen LogP contribution in [0.4, 0.5) is 4.79 Å². The van der Waals surface area contributed by atoms with Gasteiger partial charge in [0.15, 0.2) is 0 Å². The van der Waals surface area contributed by atoms with Crippen molar-refractivity contribution in [1.29, 1.82) is 0 Å². The van der Waals surface area contributed by atoms with E-state index < -0.39 is 0 Å². The van der Waals surface area contributed by atoms with Crippen LogP contribution in [-0.4, -0.2) is 30.6 Å². The molecule has 3 amide bonds. The minimum atomic E-state index is -0.360. The van der Waals surface area contributed by atoms with Gasteiger partial charge in [-0.2, -0.15) is 0 Å². The fourth-order valence-corrected chi connectivity index (χ4v) is 1.91. The molecule has 1 aromatic rings. The summed E-state index contributed by atoms with van der Waals surface area (Å²) < 4.78 is 0. The lowest BCUT2D eigenvalue weighted by Crippen LogP contribution is -2.47. The highest BCUT2D eigenvalue weighted by atomic mass is 35.5. The van der Waals surface area contributed by atoms with Gasteiger partial charge in [0.1, 0.15) is 0 Å². The van der Waals surface area contributed by atoms with Gasteiger partial charge in [-0.15, -0.1) is 0 Å². The molecule has 3 N–H and O–H groups in total. The second kappa shape index (κ2) is 7.88. The third-order valence-electron chi connectivity index (χ3n) is 2.51. The Morgan fingerprint density at radius 3 is 2.52 bits per heavy atom. The van der Waals surface area contributed by atoms with Gasteiger partial charge in [0.05, 0.1) is 6.54 Å². The fourth-order valence-electron chi connectivity index (χ4n) is 1.70. The number of hydrogen-bond acceptors (Lipinski definition) is 2. The van der Waals surface area contributed by atoms with Crippen molar-refractivity contribution in [2.45, 2.75) is 32.7 Å². The summed E-state index contributed by atoms with van der Waals surface area (Å²) >= 11 is 5.88. The molecule has 0 spiro atoms. The molecule has 0 saturated carbocycles. The quantitative estimate of drug-likeness (QED) is 0.779. The van der Waals surface area contributed by atoms with Crippen LogP contribution in [0.2, 0.25) is 5.02 Å². The van der Waals surface area contributed by atoms with Crippen LogP contribution in [0.25, 0.3) is 0 Å². The first-order valence-electron chi connectivity index (χ1n) is 6.83. The fraction of sp³-hybridized carbons (Fsp3) is 0.467. The molecule has 0 heterocycles. The predicted octanol–water partition coefficient (Wildman–Crippen LogP) is 2.10. The van der Waals surface area contributed by atoms with Crippen LogP contribution in [0.5, 0.6) is 0 Å². The summed E-state index contributed by atoms with van der Waals surface area (Å²) in [5, 5.41) is 8.65. The van der Waals surface area contributed by atoms with Gasteiger partial charge in [0, 0.05) is 17.1 Å². The summed E-state index contributed by atoms with van der Waals surface area (Å²) in [6.07, 6.45) is 0.683. The Morgan fingerprint density at radius 1 is 1.19 bits per heavy atom. The summed E-state index contributed by atoms with van der Waals surface area (Å²) in [5.41, 5.74) is 0.746. The molecule has 0 aliphatic rings. The average molecular weight is 312 g/mol. The number of hydrogen-bond donors (Lipinski definition) is 3. The van der Waals surface area contributed by atoms with Crippen molar-refractivity contribution in [3.8, 4) is 0 Å². The maximum atomic E-state index is 11.5. The van der Waals surface area contributed by atoms with E-state index in [0.29, 0.717) is 18.0 Å². The zero-order valence-electron chi connectivity index (χ0n) is 12.6. The van der Waals surface area contributed by atoms with Crippen molar-refractivity contribution in [3.63, 3.8) is 0 Å². The predicted molar refractivity (Wildman–Crippen MR) is 84.5 cm³/mol. The van der Waals surface area contributed by atoms with Gasteiger partial charge in [0.25, 0.3) is 0 Å². The van der Waals surface area contributed by atoms with Gasteiger partial charge in [-0.1, -0.05) is 23.7 Å². The Bertz CT molecular complexity index is 498. The number of rotatable bonds is 5. The summed E-state index contributed by atoms with van der Waals surface area (Å²) in [6.45, 7) is 6.09. The van der Waals surface area contributed by atoms with Crippen LogP contribution >= 0.6 is 11.6 Å². The average Bonchev–Trinajstić information content (AvgIpc) is 2.34. The van der Waals surface area contributed by atoms with E-state index in [2.05, 4.69) is 16.0 Å². The van der Waals surface area contributed by atoms with E-state index in [0.717, 1.165) is 5.56 Å². The topological polar surface area (TPSA) is 70.2 Å². The molecule has 0 fully saturated rings. The molecule has 21 heavy (non-hydrogen) atoms. The number of carbonyl (C=O) groups excluding carboxylic acids is 2. The van der Waals surface area contributed by atoms with E-state index in [9.17, 15) is 9.59 Å². The Hall–Kier alpha value is -1.75. The standard InChI is InChI=1S/C15H22ClN3O2/c1-15(2,3)19-13(20)10-18-14(21)17-8-7-11-5-4-6-12(16)9-11/h4-6,9H,7-8,10H2,1-3H3,(H,19,20)(H2,17,18,21). The third kappa shape index (κ3) is 8.19. The molecular weight excluding hydrogens is 290 g/mol. The highest BCUT2D eigenvalue weighted by Crippen LogP contribution is 2.10. The van der Waals surface area contributed by atoms with Gasteiger partial charge in [-0.3, -0.25) is 4.79 Å². The molecule has 116 valence electrons. The van der Waals surface area contributed by atoms with E-state index in [1.54, 1.807) is 6.07 Å². The molecule has 0 saturated heterocycles. The maximum Gasteiger partial charge on any atom is 0.315 e. The number of carbonyl (C=O) groups is 2. The lowest BCUT2D eigenvalue weighted by molar-refractivity contribution is -0.121. The first-order valence-corrected chi connectivity index (χ1v) is 7.21. The normalized spacial score (nSPS) is 10.9. The molecule has 0 unspecified atom stereocenters. The van der Waals surface area contributed by atoms with Crippen molar-refractivity contribution in [3.05, 3.63) is 34.9 Å². The van der Waals surface area contributed by atoms with Crippen LogP contribution in [0.3, 0.4) is 0 Å². The molecule has 0 atom stereocenters. The molecule has 0 aliphatic carbocycles. The molecule has 0 bridgehead atoms. The molecule has 0 aromatic heterocycles. The van der Waals surface area contributed by atoms with Crippen molar-refractivity contribution in [2.24, 2.45) is 0 Å². The van der Waals surface area contributed by atoms with Gasteiger partial charge in [-0.25, -0.2) is 4.79 Å². The zero-order valence-corrected chi connectivity index (χ0v) is 13.4. The monoisotopic (exact) mass is 311 g/mol. The van der Waals surface area contributed by atoms with Crippen LogP contribution in [0, 0.1) is 0 Å². The molecule has 0 radical (unpaired) electrons. The van der Waals surface area contributed by atoms with Gasteiger partial charge >= 0.3 is 6.03 Å². The van der Waals surface area contributed by atoms with Crippen LogP contribution in [-0.2, 0) is 11.2 Å². The van der Waals surface area contributed by atoms with E-state index >= 15 is 0 Å². The third-order valence-corrected chi connectivity index (χ3v) is 2.75. The molecule has 1 rings (SSSR count). The SMILES string of the molecule is CC(C)(C)NC(=O)CNC(=O)NCCc1cccc(Cl)c1. The molecule has 6 heteroatoms. The van der Waals surface area contributed by atoms with E-state index in [1.807, 2.05) is 39.0 Å². The number of amides is 3. The van der Waals surface area contributed by atoms with Gasteiger partial charge < -0.3 is 16.0 Å². The van der Waals surface area contributed by atoms with Crippen LogP contribution in [0.1, 0.15) is 26.3 Å². The van der Waals surface area contributed by atoms with E-state index in [4.69, 9.17) is 11.6 Å². The van der Waals surface area contributed by atoms with Crippen LogP contribution < -0.4 is 16.0 Å².